The Kier molecular flexibility index (Phi) is 3.13. The molecular formula is C11H12N4O3. The summed E-state index contributed by atoms with van der Waals surface area (Å²) < 4.78 is 11.4. The van der Waals surface area contributed by atoms with E-state index < -0.39 is 0 Å². The fourth-order valence-electron chi connectivity index (χ4n) is 1.51. The summed E-state index contributed by atoms with van der Waals surface area (Å²) in [5, 5.41) is 7.11. The second-order valence-electron chi connectivity index (χ2n) is 3.43. The number of hydrogen-bond acceptors (Lipinski definition) is 6. The Labute approximate surface area is 103 Å². The highest BCUT2D eigenvalue weighted by molar-refractivity contribution is 5.97. The van der Waals surface area contributed by atoms with Gasteiger partial charge in [-0.1, -0.05) is 0 Å². The third kappa shape index (κ3) is 1.97. The molecule has 94 valence electrons. The first-order valence-electron chi connectivity index (χ1n) is 5.09. The van der Waals surface area contributed by atoms with Crippen LogP contribution in [0.1, 0.15) is 10.4 Å². The lowest BCUT2D eigenvalue weighted by molar-refractivity contribution is 0.0961. The van der Waals surface area contributed by atoms with Gasteiger partial charge in [-0.25, -0.2) is 4.57 Å². The summed E-state index contributed by atoms with van der Waals surface area (Å²) in [7, 11) is 3.02. The Morgan fingerprint density at radius 2 is 2.00 bits per heavy atom. The van der Waals surface area contributed by atoms with Crippen molar-refractivity contribution in [1.29, 1.82) is 0 Å². The van der Waals surface area contributed by atoms with E-state index in [0.717, 1.165) is 4.57 Å². The summed E-state index contributed by atoms with van der Waals surface area (Å²) in [5.74, 6) is 0.717. The Morgan fingerprint density at radius 3 is 2.56 bits per heavy atom. The van der Waals surface area contributed by atoms with Crippen LogP contribution in [0.3, 0.4) is 0 Å². The Hall–Kier alpha value is -2.57. The van der Waals surface area contributed by atoms with Gasteiger partial charge >= 0.3 is 0 Å². The van der Waals surface area contributed by atoms with Crippen molar-refractivity contribution in [2.75, 3.05) is 20.0 Å². The molecular weight excluding hydrogens is 236 g/mol. The number of nitrogen functional groups attached to an aromatic ring is 1. The van der Waals surface area contributed by atoms with Crippen LogP contribution in [0.2, 0.25) is 0 Å². The molecule has 0 bridgehead atoms. The number of hydrogen-bond donors (Lipinski definition) is 1. The number of nitrogens with zero attached hydrogens (tertiary/aromatic N) is 3. The van der Waals surface area contributed by atoms with Gasteiger partial charge in [0.2, 0.25) is 5.95 Å². The Balaban J connectivity index is 2.40. The topological polar surface area (TPSA) is 92.3 Å². The smallest absolute Gasteiger partial charge is 0.266 e. The van der Waals surface area contributed by atoms with E-state index in [1.165, 1.54) is 20.5 Å². The molecule has 1 heterocycles. The second-order valence-corrected chi connectivity index (χ2v) is 3.43. The molecule has 0 spiro atoms. The zero-order chi connectivity index (χ0) is 13.1. The number of benzene rings is 1. The van der Waals surface area contributed by atoms with Crippen molar-refractivity contribution in [2.24, 2.45) is 0 Å². The molecule has 0 aliphatic rings. The molecule has 0 saturated carbocycles. The van der Waals surface area contributed by atoms with E-state index in [0.29, 0.717) is 17.1 Å². The third-order valence-corrected chi connectivity index (χ3v) is 2.42. The lowest BCUT2D eigenvalue weighted by Crippen LogP contribution is -2.14. The van der Waals surface area contributed by atoms with Gasteiger partial charge in [0.05, 0.1) is 14.2 Å². The van der Waals surface area contributed by atoms with Crippen LogP contribution in [0.15, 0.2) is 24.5 Å². The molecule has 18 heavy (non-hydrogen) atoms. The van der Waals surface area contributed by atoms with Gasteiger partial charge in [-0.2, -0.15) is 0 Å². The molecule has 0 aliphatic heterocycles. The highest BCUT2D eigenvalue weighted by Crippen LogP contribution is 2.27. The summed E-state index contributed by atoms with van der Waals surface area (Å²) in [5.41, 5.74) is 5.92. The summed E-state index contributed by atoms with van der Waals surface area (Å²) in [6.45, 7) is 0. The van der Waals surface area contributed by atoms with Crippen LogP contribution in [-0.2, 0) is 0 Å². The summed E-state index contributed by atoms with van der Waals surface area (Å²) in [6, 6.07) is 4.83. The van der Waals surface area contributed by atoms with Gasteiger partial charge in [0.1, 0.15) is 6.33 Å². The Morgan fingerprint density at radius 1 is 1.28 bits per heavy atom. The summed E-state index contributed by atoms with van der Waals surface area (Å²) in [6.07, 6.45) is 1.26. The standard InChI is InChI=1S/C11H12N4O3/c1-17-8-4-3-7(5-9(8)18-2)10(16)15-6-13-14-11(15)12/h3-6H,1-2H3,(H2,12,14). The average Bonchev–Trinajstić information content (AvgIpc) is 2.83. The largest absolute Gasteiger partial charge is 0.493 e. The van der Waals surface area contributed by atoms with Crippen molar-refractivity contribution < 1.29 is 14.3 Å². The molecule has 0 atom stereocenters. The van der Waals surface area contributed by atoms with Crippen LogP contribution in [0.5, 0.6) is 11.5 Å². The highest BCUT2D eigenvalue weighted by atomic mass is 16.5. The molecule has 2 N–H and O–H groups in total. The van der Waals surface area contributed by atoms with Gasteiger partial charge in [0, 0.05) is 5.56 Å². The summed E-state index contributed by atoms with van der Waals surface area (Å²) >= 11 is 0. The van der Waals surface area contributed by atoms with Crippen molar-refractivity contribution in [2.45, 2.75) is 0 Å². The third-order valence-electron chi connectivity index (χ3n) is 2.42. The number of aromatic nitrogens is 3. The molecule has 0 saturated heterocycles. The first kappa shape index (κ1) is 11.9. The van der Waals surface area contributed by atoms with Gasteiger partial charge in [0.25, 0.3) is 5.91 Å². The fourth-order valence-corrected chi connectivity index (χ4v) is 1.51. The van der Waals surface area contributed by atoms with Crippen molar-refractivity contribution in [3.8, 4) is 11.5 Å². The average molecular weight is 248 g/mol. The quantitative estimate of drug-likeness (QED) is 0.853. The monoisotopic (exact) mass is 248 g/mol. The molecule has 0 radical (unpaired) electrons. The van der Waals surface area contributed by atoms with Crippen molar-refractivity contribution in [3.63, 3.8) is 0 Å². The second kappa shape index (κ2) is 4.74. The van der Waals surface area contributed by atoms with Crippen LogP contribution in [-0.4, -0.2) is 34.9 Å². The van der Waals surface area contributed by atoms with E-state index in [2.05, 4.69) is 10.2 Å². The molecule has 1 aromatic carbocycles. The number of ether oxygens (including phenoxy) is 2. The van der Waals surface area contributed by atoms with Crippen LogP contribution in [0.25, 0.3) is 0 Å². The molecule has 1 aromatic heterocycles. The van der Waals surface area contributed by atoms with E-state index in [4.69, 9.17) is 15.2 Å². The normalized spacial score (nSPS) is 10.1. The first-order valence-corrected chi connectivity index (χ1v) is 5.09. The molecule has 0 aliphatic carbocycles. The molecule has 0 amide bonds. The number of nitrogens with two attached hydrogens (primary N) is 1. The number of rotatable bonds is 3. The predicted octanol–water partition coefficient (Wildman–Crippen LogP) is 0.566. The molecule has 0 unspecified atom stereocenters. The number of anilines is 1. The minimum Gasteiger partial charge on any atom is -0.493 e. The van der Waals surface area contributed by atoms with Crippen LogP contribution in [0.4, 0.5) is 5.95 Å². The zero-order valence-corrected chi connectivity index (χ0v) is 9.95. The van der Waals surface area contributed by atoms with Gasteiger partial charge < -0.3 is 15.2 Å². The van der Waals surface area contributed by atoms with Gasteiger partial charge in [-0.3, -0.25) is 4.79 Å². The maximum absolute atomic E-state index is 12.1. The van der Waals surface area contributed by atoms with E-state index in [9.17, 15) is 4.79 Å². The maximum Gasteiger partial charge on any atom is 0.266 e. The van der Waals surface area contributed by atoms with E-state index >= 15 is 0 Å². The predicted molar refractivity (Wildman–Crippen MR) is 63.7 cm³/mol. The van der Waals surface area contributed by atoms with E-state index in [-0.39, 0.29) is 11.9 Å². The SMILES string of the molecule is COc1ccc(C(=O)n2cnnc2N)cc1OC. The minimum atomic E-state index is -0.335. The van der Waals surface area contributed by atoms with Gasteiger partial charge in [0.15, 0.2) is 11.5 Å². The lowest BCUT2D eigenvalue weighted by Gasteiger charge is -2.09. The van der Waals surface area contributed by atoms with Crippen molar-refractivity contribution in [3.05, 3.63) is 30.1 Å². The summed E-state index contributed by atoms with van der Waals surface area (Å²) in [4.78, 5) is 12.1. The molecule has 7 nitrogen and oxygen atoms in total. The van der Waals surface area contributed by atoms with Crippen LogP contribution < -0.4 is 15.2 Å². The maximum atomic E-state index is 12.1. The minimum absolute atomic E-state index is 0.0368. The van der Waals surface area contributed by atoms with Gasteiger partial charge in [-0.15, -0.1) is 10.2 Å². The Bertz CT molecular complexity index is 579. The number of carbonyl (C=O) groups excluding carboxylic acids is 1. The molecule has 2 rings (SSSR count). The van der Waals surface area contributed by atoms with E-state index in [1.807, 2.05) is 0 Å². The van der Waals surface area contributed by atoms with Crippen LogP contribution in [0, 0.1) is 0 Å². The van der Waals surface area contributed by atoms with E-state index in [1.54, 1.807) is 18.2 Å². The number of methoxy groups -OCH3 is 2. The zero-order valence-electron chi connectivity index (χ0n) is 9.95. The fraction of sp³-hybridized carbons (Fsp3) is 0.182. The molecule has 0 fully saturated rings. The van der Waals surface area contributed by atoms with Crippen LogP contribution >= 0.6 is 0 Å². The van der Waals surface area contributed by atoms with Crippen molar-refractivity contribution in [1.82, 2.24) is 14.8 Å². The first-order chi connectivity index (χ1) is 8.67. The highest BCUT2D eigenvalue weighted by Gasteiger charge is 2.14. The van der Waals surface area contributed by atoms with Gasteiger partial charge in [-0.05, 0) is 18.2 Å². The molecule has 7 heteroatoms. The molecule has 2 aromatic rings. The van der Waals surface area contributed by atoms with Crippen molar-refractivity contribution >= 4 is 11.9 Å². The number of carbonyl (C=O) groups is 1. The lowest BCUT2D eigenvalue weighted by atomic mass is 10.2.